The molecule has 0 unspecified atom stereocenters. The molecule has 0 N–H and O–H groups in total. The van der Waals surface area contributed by atoms with Gasteiger partial charge in [0.2, 0.25) is 11.8 Å². The molecule has 0 aromatic heterocycles. The molecule has 2 aliphatic carbocycles. The van der Waals surface area contributed by atoms with Gasteiger partial charge in [-0.1, -0.05) is 48.0 Å². The highest BCUT2D eigenvalue weighted by Gasteiger charge is 2.64. The Bertz CT molecular complexity index is 1970. The second-order valence-electron chi connectivity index (χ2n) is 12.4. The van der Waals surface area contributed by atoms with E-state index >= 15 is 0 Å². The number of rotatable bonds is 9. The van der Waals surface area contributed by atoms with Crippen LogP contribution in [0.2, 0.25) is 0 Å². The quantitative estimate of drug-likeness (QED) is 0.0975. The molecule has 7 rings (SSSR count). The predicted octanol–water partition coefficient (Wildman–Crippen LogP) is 5.73. The molecule has 9 nitrogen and oxygen atoms in total. The summed E-state index contributed by atoms with van der Waals surface area (Å²) in [5.41, 5.74) is 2.90. The zero-order valence-corrected chi connectivity index (χ0v) is 26.3. The lowest BCUT2D eigenvalue weighted by Crippen LogP contribution is -2.33. The Kier molecular flexibility index (Phi) is 7.76. The maximum Gasteiger partial charge on any atom is 0.339 e. The van der Waals surface area contributed by atoms with E-state index in [1.165, 1.54) is 59.0 Å². The van der Waals surface area contributed by atoms with Crippen molar-refractivity contribution < 1.29 is 36.5 Å². The maximum absolute atomic E-state index is 13.6. The molecular weight excluding hydrogens is 618 g/mol. The number of hydrogen-bond acceptors (Lipinski definition) is 8. The van der Waals surface area contributed by atoms with Gasteiger partial charge in [-0.25, -0.2) is 4.79 Å². The van der Waals surface area contributed by atoms with Gasteiger partial charge in [0, 0.05) is 5.56 Å². The maximum atomic E-state index is 13.6. The second-order valence-corrected chi connectivity index (χ2v) is 13.9. The molecule has 2 saturated carbocycles. The van der Waals surface area contributed by atoms with Gasteiger partial charge in [0.1, 0.15) is 10.6 Å². The van der Waals surface area contributed by atoms with Gasteiger partial charge in [0.15, 0.2) is 12.4 Å². The lowest BCUT2D eigenvalue weighted by atomic mass is 9.73. The number of carbonyl (C=O) groups excluding carboxylic acids is 4. The molecule has 47 heavy (non-hydrogen) atoms. The largest absolute Gasteiger partial charge is 0.454 e. The summed E-state index contributed by atoms with van der Waals surface area (Å²) < 4.78 is 35.4. The first-order chi connectivity index (χ1) is 22.6. The van der Waals surface area contributed by atoms with E-state index in [0.717, 1.165) is 18.4 Å². The second kappa shape index (κ2) is 11.9. The number of ketones is 1. The molecule has 2 bridgehead atoms. The van der Waals surface area contributed by atoms with Crippen molar-refractivity contribution in [3.63, 3.8) is 0 Å². The van der Waals surface area contributed by atoms with Crippen LogP contribution in [0.5, 0.6) is 5.75 Å². The number of imide groups is 1. The van der Waals surface area contributed by atoms with E-state index < -0.39 is 28.5 Å². The molecule has 238 valence electrons. The normalized spacial score (nSPS) is 23.1. The number of fused-ring (bicyclic) bond motifs is 5. The lowest BCUT2D eigenvalue weighted by Gasteiger charge is -2.28. The third-order valence-corrected chi connectivity index (χ3v) is 10.9. The van der Waals surface area contributed by atoms with Crippen molar-refractivity contribution in [3.8, 4) is 5.75 Å². The third-order valence-electron chi connectivity index (χ3n) is 9.63. The van der Waals surface area contributed by atoms with Gasteiger partial charge < -0.3 is 8.92 Å². The first-order valence-electron chi connectivity index (χ1n) is 15.4. The van der Waals surface area contributed by atoms with Crippen molar-refractivity contribution in [1.82, 2.24) is 0 Å². The SMILES string of the molecule is Cc1ccc(S(=O)(=O)Oc2ccc(C(=O)COC(=O)c3ccc(N4C(=O)[C@@H]5[C@@H]6C[C@@H]([C@@H]5C4=O)[C@H](c4ccccc4)C6)cc3)cc2)cc1. The molecule has 3 fully saturated rings. The third kappa shape index (κ3) is 5.63. The van der Waals surface area contributed by atoms with E-state index in [-0.39, 0.29) is 63.2 Å². The summed E-state index contributed by atoms with van der Waals surface area (Å²) in [6, 6.07) is 27.9. The molecule has 1 heterocycles. The molecule has 4 aromatic rings. The zero-order valence-electron chi connectivity index (χ0n) is 25.4. The minimum atomic E-state index is -4.04. The fraction of sp³-hybridized carbons (Fsp3) is 0.243. The Morgan fingerprint density at radius 2 is 1.40 bits per heavy atom. The summed E-state index contributed by atoms with van der Waals surface area (Å²) in [7, 11) is -4.04. The number of nitrogens with zero attached hydrogens (tertiary/aromatic N) is 1. The lowest BCUT2D eigenvalue weighted by molar-refractivity contribution is -0.123. The number of hydrogen-bond donors (Lipinski definition) is 0. The molecule has 2 amide bonds. The summed E-state index contributed by atoms with van der Waals surface area (Å²) in [6.45, 7) is 1.30. The summed E-state index contributed by atoms with van der Waals surface area (Å²) in [6.07, 6.45) is 1.79. The molecule has 0 radical (unpaired) electrons. The van der Waals surface area contributed by atoms with Crippen LogP contribution in [-0.2, 0) is 24.4 Å². The number of ether oxygens (including phenoxy) is 1. The molecule has 5 atom stereocenters. The average molecular weight is 650 g/mol. The number of benzene rings is 4. The minimum absolute atomic E-state index is 0.00765. The van der Waals surface area contributed by atoms with Gasteiger partial charge >= 0.3 is 16.1 Å². The fourth-order valence-corrected chi connectivity index (χ4v) is 8.35. The van der Waals surface area contributed by atoms with Crippen LogP contribution in [-0.4, -0.2) is 38.6 Å². The van der Waals surface area contributed by atoms with Crippen LogP contribution >= 0.6 is 0 Å². The van der Waals surface area contributed by atoms with E-state index in [9.17, 15) is 27.6 Å². The molecule has 4 aromatic carbocycles. The van der Waals surface area contributed by atoms with Crippen molar-refractivity contribution in [2.75, 3.05) is 11.5 Å². The van der Waals surface area contributed by atoms with Crippen molar-refractivity contribution in [3.05, 3.63) is 125 Å². The smallest absolute Gasteiger partial charge is 0.339 e. The zero-order chi connectivity index (χ0) is 32.9. The number of anilines is 1. The van der Waals surface area contributed by atoms with Gasteiger partial charge in [-0.2, -0.15) is 8.42 Å². The van der Waals surface area contributed by atoms with Crippen molar-refractivity contribution >= 4 is 39.4 Å². The topological polar surface area (TPSA) is 124 Å². The number of carbonyl (C=O) groups is 4. The summed E-state index contributed by atoms with van der Waals surface area (Å²) in [5.74, 6) is -1.62. The Labute approximate surface area is 272 Å². The number of amides is 2. The van der Waals surface area contributed by atoms with Gasteiger partial charge in [-0.15, -0.1) is 0 Å². The van der Waals surface area contributed by atoms with Gasteiger partial charge in [-0.05, 0) is 104 Å². The van der Waals surface area contributed by atoms with Crippen LogP contribution in [0, 0.1) is 30.6 Å². The van der Waals surface area contributed by atoms with E-state index in [1.54, 1.807) is 24.3 Å². The molecule has 1 aliphatic heterocycles. The van der Waals surface area contributed by atoms with Crippen LogP contribution < -0.4 is 9.08 Å². The molecule has 1 saturated heterocycles. The summed E-state index contributed by atoms with van der Waals surface area (Å²) in [4.78, 5) is 53.7. The number of esters is 1. The Hall–Kier alpha value is -5.09. The van der Waals surface area contributed by atoms with Crippen LogP contribution in [0.4, 0.5) is 5.69 Å². The molecule has 0 spiro atoms. The summed E-state index contributed by atoms with van der Waals surface area (Å²) in [5, 5.41) is 0. The van der Waals surface area contributed by atoms with Gasteiger partial charge in [-0.3, -0.25) is 19.3 Å². The predicted molar refractivity (Wildman–Crippen MR) is 171 cm³/mol. The highest BCUT2D eigenvalue weighted by Crippen LogP contribution is 2.61. The minimum Gasteiger partial charge on any atom is -0.454 e. The van der Waals surface area contributed by atoms with E-state index in [4.69, 9.17) is 8.92 Å². The highest BCUT2D eigenvalue weighted by molar-refractivity contribution is 7.87. The van der Waals surface area contributed by atoms with Gasteiger partial charge in [0.05, 0.1) is 23.1 Å². The summed E-state index contributed by atoms with van der Waals surface area (Å²) >= 11 is 0. The fourth-order valence-electron chi connectivity index (χ4n) is 7.42. The van der Waals surface area contributed by atoms with Crippen LogP contribution in [0.25, 0.3) is 0 Å². The Balaban J connectivity index is 0.954. The van der Waals surface area contributed by atoms with E-state index in [0.29, 0.717) is 5.69 Å². The Morgan fingerprint density at radius 3 is 2.09 bits per heavy atom. The van der Waals surface area contributed by atoms with Crippen molar-refractivity contribution in [2.45, 2.75) is 30.6 Å². The number of aryl methyl sites for hydroxylation is 1. The van der Waals surface area contributed by atoms with Crippen LogP contribution in [0.15, 0.2) is 108 Å². The Morgan fingerprint density at radius 1 is 0.766 bits per heavy atom. The monoisotopic (exact) mass is 649 g/mol. The first kappa shape index (κ1) is 30.6. The van der Waals surface area contributed by atoms with E-state index in [2.05, 4.69) is 12.1 Å². The molecule has 3 aliphatic rings. The average Bonchev–Trinajstić information content (AvgIpc) is 3.75. The molecular formula is C37H31NO8S. The van der Waals surface area contributed by atoms with Gasteiger partial charge in [0.25, 0.3) is 0 Å². The molecule has 10 heteroatoms. The number of Topliss-reactive ketones (excluding diaryl/α,β-unsaturated/α-hetero) is 1. The first-order valence-corrected chi connectivity index (χ1v) is 16.9. The van der Waals surface area contributed by atoms with Crippen molar-refractivity contribution in [1.29, 1.82) is 0 Å². The van der Waals surface area contributed by atoms with Crippen LogP contribution in [0.3, 0.4) is 0 Å². The van der Waals surface area contributed by atoms with Crippen LogP contribution in [0.1, 0.15) is 50.6 Å². The standard InChI is InChI=1S/C37H31NO8S/c1-22-7-17-29(18-8-22)47(43,44)46-28-15-11-24(12-16-28)32(39)21-45-37(42)25-9-13-27(14-10-25)38-35(40)33-26-19-30(23-5-3-2-4-6-23)31(20-26)34(33)36(38)41/h2-18,26,30-31,33-34H,19-21H2,1H3/t26-,30-,31+,33+,34-/m0/s1. The van der Waals surface area contributed by atoms with E-state index in [1.807, 2.05) is 25.1 Å². The van der Waals surface area contributed by atoms with Crippen molar-refractivity contribution in [2.24, 2.45) is 23.7 Å². The highest BCUT2D eigenvalue weighted by atomic mass is 32.2.